The molecular weight excluding hydrogens is 440 g/mol. The molecule has 1 aromatic heterocycles. The fourth-order valence-electron chi connectivity index (χ4n) is 4.50. The number of aromatic nitrogens is 1. The van der Waals surface area contributed by atoms with Crippen LogP contribution >= 0.6 is 0 Å². The SMILES string of the molecule is COc1ccnc(C(=O)N[C@H]2CCC[C@H](OCC(C)C)[C@@H](OC3CCCC3)[C@H](C)OC2=O)c1O. The van der Waals surface area contributed by atoms with Gasteiger partial charge in [-0.25, -0.2) is 9.78 Å². The van der Waals surface area contributed by atoms with Gasteiger partial charge in [-0.15, -0.1) is 0 Å². The predicted octanol–water partition coefficient (Wildman–Crippen LogP) is 3.38. The van der Waals surface area contributed by atoms with Crippen molar-refractivity contribution in [3.8, 4) is 11.5 Å². The van der Waals surface area contributed by atoms with Gasteiger partial charge in [-0.2, -0.15) is 0 Å². The Morgan fingerprint density at radius 2 is 1.97 bits per heavy atom. The number of aromatic hydroxyl groups is 1. The van der Waals surface area contributed by atoms with Gasteiger partial charge in [0, 0.05) is 18.9 Å². The summed E-state index contributed by atoms with van der Waals surface area (Å²) in [4.78, 5) is 29.8. The number of nitrogens with one attached hydrogen (secondary N) is 1. The Kier molecular flexibility index (Phi) is 9.53. The van der Waals surface area contributed by atoms with E-state index in [9.17, 15) is 14.7 Å². The number of methoxy groups -OCH3 is 1. The number of esters is 1. The summed E-state index contributed by atoms with van der Waals surface area (Å²) in [7, 11) is 1.38. The predicted molar refractivity (Wildman–Crippen MR) is 125 cm³/mol. The molecule has 34 heavy (non-hydrogen) atoms. The van der Waals surface area contributed by atoms with Crippen LogP contribution in [0.15, 0.2) is 12.3 Å². The molecule has 1 saturated heterocycles. The molecule has 2 fully saturated rings. The number of amides is 1. The van der Waals surface area contributed by atoms with Gasteiger partial charge in [0.25, 0.3) is 5.91 Å². The van der Waals surface area contributed by atoms with Gasteiger partial charge in [0.1, 0.15) is 18.2 Å². The van der Waals surface area contributed by atoms with Crippen LogP contribution in [0.3, 0.4) is 0 Å². The monoisotopic (exact) mass is 478 g/mol. The molecule has 0 aromatic carbocycles. The standard InChI is InChI=1S/C25H38N2O7/c1-15(2)14-32-20-11-7-10-18(27-24(29)21-22(28)19(31-4)12-13-26-21)25(30)33-16(3)23(20)34-17-8-5-6-9-17/h12-13,15-18,20,23,28H,5-11,14H2,1-4H3,(H,27,29)/t16-,18-,20-,23-/m0/s1. The number of ether oxygens (including phenoxy) is 4. The van der Waals surface area contributed by atoms with Crippen molar-refractivity contribution in [3.63, 3.8) is 0 Å². The summed E-state index contributed by atoms with van der Waals surface area (Å²) >= 11 is 0. The zero-order chi connectivity index (χ0) is 24.7. The molecule has 2 aliphatic rings. The zero-order valence-corrected chi connectivity index (χ0v) is 20.6. The maximum atomic E-state index is 13.0. The molecule has 1 aliphatic carbocycles. The topological polar surface area (TPSA) is 116 Å². The second-order valence-electron chi connectivity index (χ2n) is 9.58. The molecular formula is C25H38N2O7. The van der Waals surface area contributed by atoms with Crippen LogP contribution in [0.1, 0.15) is 76.2 Å². The maximum Gasteiger partial charge on any atom is 0.329 e. The van der Waals surface area contributed by atoms with Crippen LogP contribution in [0, 0.1) is 5.92 Å². The molecule has 9 heteroatoms. The molecule has 0 radical (unpaired) electrons. The first kappa shape index (κ1) is 26.2. The van der Waals surface area contributed by atoms with Gasteiger partial charge in [-0.05, 0) is 44.9 Å². The number of hydrogen-bond acceptors (Lipinski definition) is 8. The highest BCUT2D eigenvalue weighted by molar-refractivity contribution is 5.97. The minimum Gasteiger partial charge on any atom is -0.503 e. The first-order valence-corrected chi connectivity index (χ1v) is 12.3. The fourth-order valence-corrected chi connectivity index (χ4v) is 4.50. The van der Waals surface area contributed by atoms with E-state index in [0.717, 1.165) is 25.7 Å². The number of carbonyl (C=O) groups excluding carboxylic acids is 2. The Labute approximate surface area is 201 Å². The van der Waals surface area contributed by atoms with Crippen molar-refractivity contribution >= 4 is 11.9 Å². The number of pyridine rings is 1. The van der Waals surface area contributed by atoms with E-state index >= 15 is 0 Å². The highest BCUT2D eigenvalue weighted by Gasteiger charge is 2.37. The van der Waals surface area contributed by atoms with Crippen molar-refractivity contribution in [2.45, 2.75) is 96.2 Å². The lowest BCUT2D eigenvalue weighted by Gasteiger charge is -2.33. The van der Waals surface area contributed by atoms with Crippen molar-refractivity contribution in [1.82, 2.24) is 10.3 Å². The molecule has 2 N–H and O–H groups in total. The van der Waals surface area contributed by atoms with Gasteiger partial charge in [0.2, 0.25) is 0 Å². The molecule has 2 heterocycles. The minimum absolute atomic E-state index is 0.128. The quantitative estimate of drug-likeness (QED) is 0.546. The summed E-state index contributed by atoms with van der Waals surface area (Å²) in [6.45, 7) is 6.61. The molecule has 1 aliphatic heterocycles. The molecule has 1 saturated carbocycles. The number of cyclic esters (lactones) is 1. The lowest BCUT2D eigenvalue weighted by Crippen LogP contribution is -2.46. The molecule has 1 aromatic rings. The first-order valence-electron chi connectivity index (χ1n) is 12.3. The molecule has 0 spiro atoms. The Hall–Kier alpha value is -2.39. The Morgan fingerprint density at radius 1 is 1.24 bits per heavy atom. The highest BCUT2D eigenvalue weighted by atomic mass is 16.6. The van der Waals surface area contributed by atoms with E-state index in [1.807, 2.05) is 6.92 Å². The summed E-state index contributed by atoms with van der Waals surface area (Å²) < 4.78 is 23.5. The smallest absolute Gasteiger partial charge is 0.329 e. The maximum absolute atomic E-state index is 13.0. The number of carbonyl (C=O) groups is 2. The fraction of sp³-hybridized carbons (Fsp3) is 0.720. The average Bonchev–Trinajstić information content (AvgIpc) is 3.32. The Morgan fingerprint density at radius 3 is 2.65 bits per heavy atom. The largest absolute Gasteiger partial charge is 0.503 e. The summed E-state index contributed by atoms with van der Waals surface area (Å²) in [5.41, 5.74) is -0.208. The third-order valence-electron chi connectivity index (χ3n) is 6.32. The number of rotatable bonds is 8. The summed E-state index contributed by atoms with van der Waals surface area (Å²) in [6, 6.07) is 0.572. The van der Waals surface area contributed by atoms with Gasteiger partial charge < -0.3 is 29.4 Å². The highest BCUT2D eigenvalue weighted by Crippen LogP contribution is 2.30. The lowest BCUT2D eigenvalue weighted by atomic mass is 10.0. The van der Waals surface area contributed by atoms with Crippen LogP contribution < -0.4 is 10.1 Å². The van der Waals surface area contributed by atoms with Crippen LogP contribution in [0.25, 0.3) is 0 Å². The minimum atomic E-state index is -0.877. The van der Waals surface area contributed by atoms with E-state index in [1.54, 1.807) is 0 Å². The molecule has 1 amide bonds. The Balaban J connectivity index is 1.73. The second-order valence-corrected chi connectivity index (χ2v) is 9.58. The second kappa shape index (κ2) is 12.4. The molecule has 0 unspecified atom stereocenters. The zero-order valence-electron chi connectivity index (χ0n) is 20.6. The van der Waals surface area contributed by atoms with Crippen molar-refractivity contribution in [3.05, 3.63) is 18.0 Å². The first-order chi connectivity index (χ1) is 16.3. The van der Waals surface area contributed by atoms with Gasteiger partial charge in [-0.3, -0.25) is 4.79 Å². The van der Waals surface area contributed by atoms with Crippen molar-refractivity contribution < 1.29 is 33.6 Å². The van der Waals surface area contributed by atoms with Gasteiger partial charge >= 0.3 is 5.97 Å². The normalized spacial score (nSPS) is 26.4. The van der Waals surface area contributed by atoms with E-state index in [2.05, 4.69) is 24.1 Å². The lowest BCUT2D eigenvalue weighted by molar-refractivity contribution is -0.175. The van der Waals surface area contributed by atoms with E-state index in [-0.39, 0.29) is 35.5 Å². The van der Waals surface area contributed by atoms with Gasteiger partial charge in [0.05, 0.1) is 19.3 Å². The van der Waals surface area contributed by atoms with Gasteiger partial charge in [0.15, 0.2) is 17.2 Å². The summed E-state index contributed by atoms with van der Waals surface area (Å²) in [5, 5.41) is 12.9. The van der Waals surface area contributed by atoms with Crippen LogP contribution in [0.5, 0.6) is 11.5 Å². The Bertz CT molecular complexity index is 825. The third kappa shape index (κ3) is 6.82. The molecule has 9 nitrogen and oxygen atoms in total. The van der Waals surface area contributed by atoms with Gasteiger partial charge in [-0.1, -0.05) is 26.7 Å². The van der Waals surface area contributed by atoms with Crippen molar-refractivity contribution in [2.75, 3.05) is 13.7 Å². The van der Waals surface area contributed by atoms with Crippen molar-refractivity contribution in [2.24, 2.45) is 5.92 Å². The van der Waals surface area contributed by atoms with E-state index in [0.29, 0.717) is 31.8 Å². The van der Waals surface area contributed by atoms with Crippen LogP contribution in [-0.2, 0) is 19.0 Å². The third-order valence-corrected chi connectivity index (χ3v) is 6.32. The summed E-state index contributed by atoms with van der Waals surface area (Å²) in [5.74, 6) is -1.08. The molecule has 4 atom stereocenters. The molecule has 3 rings (SSSR count). The van der Waals surface area contributed by atoms with Crippen molar-refractivity contribution in [1.29, 1.82) is 0 Å². The van der Waals surface area contributed by atoms with E-state index in [4.69, 9.17) is 18.9 Å². The van der Waals surface area contributed by atoms with Crippen LogP contribution in [0.2, 0.25) is 0 Å². The van der Waals surface area contributed by atoms with E-state index < -0.39 is 24.0 Å². The molecule has 0 bridgehead atoms. The van der Waals surface area contributed by atoms with E-state index in [1.165, 1.54) is 19.4 Å². The number of nitrogens with zero attached hydrogens (tertiary/aromatic N) is 1. The van der Waals surface area contributed by atoms with Crippen LogP contribution in [-0.4, -0.2) is 66.1 Å². The van der Waals surface area contributed by atoms with Crippen LogP contribution in [0.4, 0.5) is 0 Å². The summed E-state index contributed by atoms with van der Waals surface area (Å²) in [6.07, 6.45) is 6.38. The average molecular weight is 479 g/mol. The molecule has 190 valence electrons. The number of hydrogen-bond donors (Lipinski definition) is 2.